The molecule has 0 saturated carbocycles. The van der Waals surface area contributed by atoms with Gasteiger partial charge in [-0.1, -0.05) is 39.2 Å². The molecule has 0 radical (unpaired) electrons. The Morgan fingerprint density at radius 3 is 2.50 bits per heavy atom. The molecular weight excluding hydrogens is 354 g/mol. The van der Waals surface area contributed by atoms with Crippen LogP contribution in [0.4, 0.5) is 0 Å². The molecule has 26 heavy (non-hydrogen) atoms. The zero-order chi connectivity index (χ0) is 19.7. The number of unbranched alkanes of at least 4 members (excludes halogenated alkanes) is 1. The van der Waals surface area contributed by atoms with E-state index in [1.54, 1.807) is 13.0 Å². The van der Waals surface area contributed by atoms with E-state index in [0.29, 0.717) is 18.0 Å². The molecule has 7 heteroatoms. The summed E-state index contributed by atoms with van der Waals surface area (Å²) in [6, 6.07) is 4.27. The third-order valence-electron chi connectivity index (χ3n) is 4.32. The van der Waals surface area contributed by atoms with Gasteiger partial charge in [0.2, 0.25) is 0 Å². The second-order valence-electron chi connectivity index (χ2n) is 6.55. The minimum Gasteiger partial charge on any atom is -0.452 e. The Kier molecular flexibility index (Phi) is 8.78. The highest BCUT2D eigenvalue weighted by Gasteiger charge is 2.17. The van der Waals surface area contributed by atoms with Crippen molar-refractivity contribution in [2.45, 2.75) is 51.3 Å². The topological polar surface area (TPSA) is 89.5 Å². The van der Waals surface area contributed by atoms with Crippen molar-refractivity contribution in [1.29, 1.82) is 0 Å². The van der Waals surface area contributed by atoms with Gasteiger partial charge in [0.25, 0.3) is 5.91 Å². The molecule has 0 bridgehead atoms. The molecule has 0 spiro atoms. The number of ether oxygens (including phenoxy) is 1. The van der Waals surface area contributed by atoms with E-state index in [0.717, 1.165) is 31.9 Å². The van der Waals surface area contributed by atoms with Crippen molar-refractivity contribution >= 4 is 21.7 Å². The van der Waals surface area contributed by atoms with Gasteiger partial charge in [0.05, 0.1) is 10.5 Å². The van der Waals surface area contributed by atoms with Crippen molar-refractivity contribution in [2.24, 2.45) is 5.92 Å². The van der Waals surface area contributed by atoms with Crippen molar-refractivity contribution in [2.75, 3.05) is 19.4 Å². The summed E-state index contributed by atoms with van der Waals surface area (Å²) in [7, 11) is -3.42. The van der Waals surface area contributed by atoms with Gasteiger partial charge in [0, 0.05) is 12.8 Å². The molecule has 1 amide bonds. The Morgan fingerprint density at radius 1 is 1.23 bits per heavy atom. The van der Waals surface area contributed by atoms with Crippen molar-refractivity contribution in [1.82, 2.24) is 5.32 Å². The van der Waals surface area contributed by atoms with Gasteiger partial charge in [-0.25, -0.2) is 13.2 Å². The number of carbonyl (C=O) groups is 2. The van der Waals surface area contributed by atoms with E-state index < -0.39 is 15.8 Å². The van der Waals surface area contributed by atoms with E-state index in [4.69, 9.17) is 4.74 Å². The first kappa shape index (κ1) is 22.2. The fourth-order valence-corrected chi connectivity index (χ4v) is 3.16. The molecule has 0 aromatic heterocycles. The van der Waals surface area contributed by atoms with Gasteiger partial charge in [-0.3, -0.25) is 4.79 Å². The predicted molar refractivity (Wildman–Crippen MR) is 101 cm³/mol. The van der Waals surface area contributed by atoms with Crippen LogP contribution in [0.1, 0.15) is 55.5 Å². The number of sulfone groups is 1. The molecular formula is C19H29NO5S. The van der Waals surface area contributed by atoms with E-state index in [9.17, 15) is 18.0 Å². The van der Waals surface area contributed by atoms with Crippen LogP contribution in [0.15, 0.2) is 23.1 Å². The summed E-state index contributed by atoms with van der Waals surface area (Å²) in [5.41, 5.74) is 0.739. The summed E-state index contributed by atoms with van der Waals surface area (Å²) in [5, 5.41) is 2.79. The van der Waals surface area contributed by atoms with Crippen molar-refractivity contribution in [3.05, 3.63) is 29.3 Å². The molecule has 1 aromatic rings. The van der Waals surface area contributed by atoms with Gasteiger partial charge in [0.1, 0.15) is 0 Å². The average Bonchev–Trinajstić information content (AvgIpc) is 2.59. The lowest BCUT2D eigenvalue weighted by Gasteiger charge is -2.15. The van der Waals surface area contributed by atoms with Gasteiger partial charge in [-0.05, 0) is 37.0 Å². The maximum atomic E-state index is 12.2. The second kappa shape index (κ2) is 10.3. The number of hydrogen-bond donors (Lipinski definition) is 1. The van der Waals surface area contributed by atoms with Gasteiger partial charge in [-0.15, -0.1) is 0 Å². The Balaban J connectivity index is 2.60. The van der Waals surface area contributed by atoms with Gasteiger partial charge < -0.3 is 10.1 Å². The zero-order valence-electron chi connectivity index (χ0n) is 16.0. The summed E-state index contributed by atoms with van der Waals surface area (Å²) < 4.78 is 28.3. The highest BCUT2D eigenvalue weighted by molar-refractivity contribution is 7.90. The highest BCUT2D eigenvalue weighted by Crippen LogP contribution is 2.16. The van der Waals surface area contributed by atoms with Crippen LogP contribution in [-0.4, -0.2) is 39.7 Å². The van der Waals surface area contributed by atoms with E-state index in [1.165, 1.54) is 12.1 Å². The fourth-order valence-electron chi connectivity index (χ4n) is 2.51. The number of amides is 1. The highest BCUT2D eigenvalue weighted by atomic mass is 32.2. The third-order valence-corrected chi connectivity index (χ3v) is 5.43. The number of rotatable bonds is 10. The zero-order valence-corrected chi connectivity index (χ0v) is 16.8. The molecule has 0 saturated heterocycles. The van der Waals surface area contributed by atoms with Gasteiger partial charge >= 0.3 is 5.97 Å². The molecule has 0 aliphatic rings. The maximum absolute atomic E-state index is 12.2. The van der Waals surface area contributed by atoms with E-state index in [1.807, 2.05) is 0 Å². The van der Waals surface area contributed by atoms with Crippen LogP contribution in [-0.2, 0) is 19.4 Å². The smallest absolute Gasteiger partial charge is 0.338 e. The first-order chi connectivity index (χ1) is 12.2. The Bertz CT molecular complexity index is 727. The predicted octanol–water partition coefficient (Wildman–Crippen LogP) is 2.89. The summed E-state index contributed by atoms with van der Waals surface area (Å²) in [5.74, 6) is -0.644. The minimum atomic E-state index is -3.42. The molecule has 1 aromatic carbocycles. The SMILES string of the molecule is CCCC[C@@H](CC)CNC(=O)COC(=O)c1cc(S(C)(=O)=O)ccc1C. The quantitative estimate of drug-likeness (QED) is 0.628. The molecule has 0 aliphatic carbocycles. The molecule has 146 valence electrons. The van der Waals surface area contributed by atoms with Crippen LogP contribution in [0.3, 0.4) is 0 Å². The fraction of sp³-hybridized carbons (Fsp3) is 0.579. The molecule has 1 N–H and O–H groups in total. The standard InChI is InChI=1S/C19H29NO5S/c1-5-7-8-15(6-2)12-20-18(21)13-25-19(22)17-11-16(26(4,23)24)10-9-14(17)3/h9-11,15H,5-8,12-13H2,1-4H3,(H,20,21)/t15-/m1/s1. The Hall–Kier alpha value is -1.89. The lowest BCUT2D eigenvalue weighted by Crippen LogP contribution is -2.33. The molecule has 6 nitrogen and oxygen atoms in total. The summed E-state index contributed by atoms with van der Waals surface area (Å²) in [6.07, 6.45) is 5.36. The van der Waals surface area contributed by atoms with E-state index >= 15 is 0 Å². The summed E-state index contributed by atoms with van der Waals surface area (Å²) in [4.78, 5) is 24.1. The van der Waals surface area contributed by atoms with Crippen LogP contribution in [0.2, 0.25) is 0 Å². The number of benzene rings is 1. The van der Waals surface area contributed by atoms with Crippen molar-refractivity contribution in [3.8, 4) is 0 Å². The first-order valence-electron chi connectivity index (χ1n) is 8.93. The molecule has 1 rings (SSSR count). The summed E-state index contributed by atoms with van der Waals surface area (Å²) in [6.45, 7) is 6.08. The first-order valence-corrected chi connectivity index (χ1v) is 10.8. The second-order valence-corrected chi connectivity index (χ2v) is 8.56. The lowest BCUT2D eigenvalue weighted by atomic mass is 9.99. The molecule has 0 unspecified atom stereocenters. The van der Waals surface area contributed by atoms with E-state index in [-0.39, 0.29) is 23.0 Å². The summed E-state index contributed by atoms with van der Waals surface area (Å²) >= 11 is 0. The van der Waals surface area contributed by atoms with Crippen LogP contribution < -0.4 is 5.32 Å². The lowest BCUT2D eigenvalue weighted by molar-refractivity contribution is -0.124. The minimum absolute atomic E-state index is 0.0428. The van der Waals surface area contributed by atoms with Crippen LogP contribution in [0.5, 0.6) is 0 Å². The Labute approximate surface area is 156 Å². The third kappa shape index (κ3) is 7.15. The molecule has 0 fully saturated rings. The van der Waals surface area contributed by atoms with Crippen LogP contribution in [0, 0.1) is 12.8 Å². The van der Waals surface area contributed by atoms with Crippen molar-refractivity contribution < 1.29 is 22.7 Å². The van der Waals surface area contributed by atoms with Crippen LogP contribution >= 0.6 is 0 Å². The maximum Gasteiger partial charge on any atom is 0.338 e. The molecule has 0 aliphatic heterocycles. The van der Waals surface area contributed by atoms with E-state index in [2.05, 4.69) is 19.2 Å². The monoisotopic (exact) mass is 383 g/mol. The molecule has 0 heterocycles. The van der Waals surface area contributed by atoms with Gasteiger partial charge in [0.15, 0.2) is 16.4 Å². The number of nitrogens with one attached hydrogen (secondary N) is 1. The number of aryl methyl sites for hydroxylation is 1. The van der Waals surface area contributed by atoms with Crippen LogP contribution in [0.25, 0.3) is 0 Å². The van der Waals surface area contributed by atoms with Gasteiger partial charge in [-0.2, -0.15) is 0 Å². The Morgan fingerprint density at radius 2 is 1.92 bits per heavy atom. The van der Waals surface area contributed by atoms with Crippen molar-refractivity contribution in [3.63, 3.8) is 0 Å². The number of carbonyl (C=O) groups excluding carboxylic acids is 2. The number of hydrogen-bond acceptors (Lipinski definition) is 5. The molecule has 1 atom stereocenters. The average molecular weight is 384 g/mol. The largest absolute Gasteiger partial charge is 0.452 e. The normalized spacial score (nSPS) is 12.5. The number of esters is 1.